The maximum atomic E-state index is 12.4. The summed E-state index contributed by atoms with van der Waals surface area (Å²) in [5.74, 6) is 0.495. The monoisotopic (exact) mass is 260 g/mol. The average molecular weight is 261 g/mol. The zero-order valence-electron chi connectivity index (χ0n) is 10.2. The lowest BCUT2D eigenvalue weighted by molar-refractivity contribution is 0.103. The van der Waals surface area contributed by atoms with Gasteiger partial charge in [-0.15, -0.1) is 0 Å². The molecule has 0 amide bonds. The van der Waals surface area contributed by atoms with Crippen molar-refractivity contribution >= 4 is 17.4 Å². The molecule has 0 radical (unpaired) electrons. The van der Waals surface area contributed by atoms with Gasteiger partial charge >= 0.3 is 0 Å². The van der Waals surface area contributed by atoms with E-state index >= 15 is 0 Å². The van der Waals surface area contributed by atoms with Crippen molar-refractivity contribution in [1.82, 2.24) is 0 Å². The van der Waals surface area contributed by atoms with Crippen LogP contribution in [-0.4, -0.2) is 12.9 Å². The minimum Gasteiger partial charge on any atom is -0.496 e. The number of benzene rings is 2. The maximum Gasteiger partial charge on any atom is 0.196 e. The molecule has 2 rings (SSSR count). The highest BCUT2D eigenvalue weighted by Crippen LogP contribution is 2.24. The van der Waals surface area contributed by atoms with Crippen LogP contribution in [0.2, 0.25) is 5.02 Å². The predicted octanol–water partition coefficient (Wildman–Crippen LogP) is 3.89. The third-order valence-electron chi connectivity index (χ3n) is 2.69. The Kier molecular flexibility index (Phi) is 3.68. The Labute approximate surface area is 111 Å². The van der Waals surface area contributed by atoms with Crippen LogP contribution in [0.25, 0.3) is 0 Å². The van der Waals surface area contributed by atoms with Gasteiger partial charge in [0.1, 0.15) is 5.75 Å². The normalized spacial score (nSPS) is 10.2. The molecule has 0 aliphatic rings. The molecule has 92 valence electrons. The Morgan fingerprint density at radius 2 is 1.94 bits per heavy atom. The zero-order chi connectivity index (χ0) is 13.1. The number of aryl methyl sites for hydroxylation is 1. The zero-order valence-corrected chi connectivity index (χ0v) is 11.0. The summed E-state index contributed by atoms with van der Waals surface area (Å²) >= 11 is 5.89. The van der Waals surface area contributed by atoms with Crippen molar-refractivity contribution in [3.8, 4) is 5.75 Å². The second-order valence-electron chi connectivity index (χ2n) is 4.04. The summed E-state index contributed by atoms with van der Waals surface area (Å²) in [5, 5.41) is 0.548. The number of carbonyl (C=O) groups is 1. The van der Waals surface area contributed by atoms with Crippen molar-refractivity contribution in [2.24, 2.45) is 0 Å². The number of hydrogen-bond acceptors (Lipinski definition) is 2. The Hall–Kier alpha value is -1.80. The molecular weight excluding hydrogens is 248 g/mol. The number of halogens is 1. The van der Waals surface area contributed by atoms with Gasteiger partial charge in [-0.25, -0.2) is 0 Å². The lowest BCUT2D eigenvalue weighted by atomic mass is 10.0. The van der Waals surface area contributed by atoms with Gasteiger partial charge in [0.15, 0.2) is 5.78 Å². The Balaban J connectivity index is 2.46. The third-order valence-corrected chi connectivity index (χ3v) is 2.92. The minimum absolute atomic E-state index is 0.0886. The van der Waals surface area contributed by atoms with Gasteiger partial charge in [-0.2, -0.15) is 0 Å². The van der Waals surface area contributed by atoms with E-state index in [2.05, 4.69) is 0 Å². The fourth-order valence-electron chi connectivity index (χ4n) is 1.77. The number of methoxy groups -OCH3 is 1. The van der Waals surface area contributed by atoms with Crippen molar-refractivity contribution < 1.29 is 9.53 Å². The first kappa shape index (κ1) is 12.7. The van der Waals surface area contributed by atoms with Crippen molar-refractivity contribution in [2.75, 3.05) is 7.11 Å². The van der Waals surface area contributed by atoms with Crippen molar-refractivity contribution in [1.29, 1.82) is 0 Å². The van der Waals surface area contributed by atoms with E-state index in [0.29, 0.717) is 21.9 Å². The van der Waals surface area contributed by atoms with E-state index in [0.717, 1.165) is 5.56 Å². The van der Waals surface area contributed by atoms with Crippen LogP contribution < -0.4 is 4.74 Å². The molecule has 0 atom stereocenters. The van der Waals surface area contributed by atoms with Crippen LogP contribution in [0.4, 0.5) is 0 Å². The average Bonchev–Trinajstić information content (AvgIpc) is 2.37. The van der Waals surface area contributed by atoms with Crippen LogP contribution >= 0.6 is 11.6 Å². The molecule has 0 aliphatic heterocycles. The number of rotatable bonds is 3. The van der Waals surface area contributed by atoms with E-state index in [-0.39, 0.29) is 5.78 Å². The molecule has 0 spiro atoms. The molecule has 0 bridgehead atoms. The molecule has 0 heterocycles. The lowest BCUT2D eigenvalue weighted by Crippen LogP contribution is -2.04. The molecule has 2 aromatic carbocycles. The Bertz CT molecular complexity index is 591. The molecule has 0 N–H and O–H groups in total. The molecule has 2 aromatic rings. The summed E-state index contributed by atoms with van der Waals surface area (Å²) in [6.45, 7) is 1.95. The molecular formula is C15H13ClO2. The fourth-order valence-corrected chi connectivity index (χ4v) is 1.96. The summed E-state index contributed by atoms with van der Waals surface area (Å²) in [7, 11) is 1.56. The third kappa shape index (κ3) is 2.54. The standard InChI is InChI=1S/C15H13ClO2/c1-10-6-7-13(14(8-10)18-2)15(17)11-4-3-5-12(16)9-11/h3-9H,1-2H3. The summed E-state index contributed by atoms with van der Waals surface area (Å²) < 4.78 is 5.25. The van der Waals surface area contributed by atoms with E-state index < -0.39 is 0 Å². The molecule has 0 aliphatic carbocycles. The van der Waals surface area contributed by atoms with Gasteiger partial charge in [0.25, 0.3) is 0 Å². The van der Waals surface area contributed by atoms with Crippen LogP contribution in [0, 0.1) is 6.92 Å². The lowest BCUT2D eigenvalue weighted by Gasteiger charge is -2.08. The fraction of sp³-hybridized carbons (Fsp3) is 0.133. The van der Waals surface area contributed by atoms with Gasteiger partial charge in [-0.05, 0) is 36.8 Å². The molecule has 0 aromatic heterocycles. The minimum atomic E-state index is -0.0886. The molecule has 2 nitrogen and oxygen atoms in total. The smallest absolute Gasteiger partial charge is 0.196 e. The van der Waals surface area contributed by atoms with E-state index in [9.17, 15) is 4.79 Å². The molecule has 0 fully saturated rings. The molecule has 0 unspecified atom stereocenters. The van der Waals surface area contributed by atoms with Crippen LogP contribution in [0.15, 0.2) is 42.5 Å². The van der Waals surface area contributed by atoms with Crippen molar-refractivity contribution in [3.63, 3.8) is 0 Å². The van der Waals surface area contributed by atoms with E-state index in [1.165, 1.54) is 0 Å². The van der Waals surface area contributed by atoms with Gasteiger partial charge in [-0.1, -0.05) is 29.8 Å². The molecule has 0 saturated carbocycles. The van der Waals surface area contributed by atoms with Gasteiger partial charge < -0.3 is 4.74 Å². The number of hydrogen-bond donors (Lipinski definition) is 0. The van der Waals surface area contributed by atoms with Gasteiger partial charge in [0.05, 0.1) is 12.7 Å². The largest absolute Gasteiger partial charge is 0.496 e. The SMILES string of the molecule is COc1cc(C)ccc1C(=O)c1cccc(Cl)c1. The van der Waals surface area contributed by atoms with Gasteiger partial charge in [0, 0.05) is 10.6 Å². The summed E-state index contributed by atoms with van der Waals surface area (Å²) in [4.78, 5) is 12.4. The summed E-state index contributed by atoms with van der Waals surface area (Å²) in [5.41, 5.74) is 2.16. The first-order valence-corrected chi connectivity index (χ1v) is 5.94. The number of ketones is 1. The second kappa shape index (κ2) is 5.23. The van der Waals surface area contributed by atoms with E-state index in [1.807, 2.05) is 19.1 Å². The molecule has 18 heavy (non-hydrogen) atoms. The van der Waals surface area contributed by atoms with Gasteiger partial charge in [0.2, 0.25) is 0 Å². The van der Waals surface area contributed by atoms with Gasteiger partial charge in [-0.3, -0.25) is 4.79 Å². The number of ether oxygens (including phenoxy) is 1. The summed E-state index contributed by atoms with van der Waals surface area (Å²) in [6.07, 6.45) is 0. The molecule has 3 heteroatoms. The predicted molar refractivity (Wildman–Crippen MR) is 72.6 cm³/mol. The highest BCUT2D eigenvalue weighted by molar-refractivity contribution is 6.31. The Morgan fingerprint density at radius 1 is 1.17 bits per heavy atom. The first-order chi connectivity index (χ1) is 8.61. The van der Waals surface area contributed by atoms with Crippen LogP contribution in [0.5, 0.6) is 5.75 Å². The second-order valence-corrected chi connectivity index (χ2v) is 4.48. The van der Waals surface area contributed by atoms with Crippen LogP contribution in [0.3, 0.4) is 0 Å². The quantitative estimate of drug-likeness (QED) is 0.783. The van der Waals surface area contributed by atoms with Crippen molar-refractivity contribution in [3.05, 3.63) is 64.2 Å². The molecule has 0 saturated heterocycles. The Morgan fingerprint density at radius 3 is 2.61 bits per heavy atom. The van der Waals surface area contributed by atoms with Crippen LogP contribution in [-0.2, 0) is 0 Å². The summed E-state index contributed by atoms with van der Waals surface area (Å²) in [6, 6.07) is 12.4. The van der Waals surface area contributed by atoms with E-state index in [1.54, 1.807) is 37.4 Å². The topological polar surface area (TPSA) is 26.3 Å². The van der Waals surface area contributed by atoms with Crippen LogP contribution in [0.1, 0.15) is 21.5 Å². The highest BCUT2D eigenvalue weighted by Gasteiger charge is 2.14. The number of carbonyl (C=O) groups excluding carboxylic acids is 1. The van der Waals surface area contributed by atoms with E-state index in [4.69, 9.17) is 16.3 Å². The maximum absolute atomic E-state index is 12.4. The van der Waals surface area contributed by atoms with Crippen molar-refractivity contribution in [2.45, 2.75) is 6.92 Å². The first-order valence-electron chi connectivity index (χ1n) is 5.56. The highest BCUT2D eigenvalue weighted by atomic mass is 35.5.